The summed E-state index contributed by atoms with van der Waals surface area (Å²) in [5.41, 5.74) is -0.0984. The van der Waals surface area contributed by atoms with Gasteiger partial charge in [-0.25, -0.2) is 22.9 Å². The fourth-order valence-corrected chi connectivity index (χ4v) is 2.91. The Kier molecular flexibility index (Phi) is 5.29. The van der Waals surface area contributed by atoms with Crippen LogP contribution in [-0.4, -0.2) is 47.4 Å². The molecule has 0 aliphatic carbocycles. The average molecular weight is 340 g/mol. The van der Waals surface area contributed by atoms with Crippen LogP contribution in [0.25, 0.3) is 0 Å². The Labute approximate surface area is 133 Å². The van der Waals surface area contributed by atoms with Gasteiger partial charge in [-0.05, 0) is 25.1 Å². The molecule has 0 aromatic carbocycles. The molecule has 0 unspecified atom stereocenters. The third-order valence-corrected chi connectivity index (χ3v) is 4.27. The molecule has 10 heteroatoms. The maximum atomic E-state index is 12.3. The van der Waals surface area contributed by atoms with Gasteiger partial charge >= 0.3 is 5.97 Å². The highest BCUT2D eigenvalue weighted by molar-refractivity contribution is 7.89. The zero-order valence-electron chi connectivity index (χ0n) is 12.3. The minimum absolute atomic E-state index is 0.0368. The van der Waals surface area contributed by atoms with Crippen LogP contribution in [0.2, 0.25) is 0 Å². The number of rotatable bonds is 8. The number of carboxylic acid groups (broad SMARTS) is 1. The Morgan fingerprint density at radius 2 is 2.22 bits per heavy atom. The van der Waals surface area contributed by atoms with E-state index >= 15 is 0 Å². The fraction of sp³-hybridized carbons (Fsp3) is 0.308. The number of hydrogen-bond acceptors (Lipinski definition) is 6. The molecule has 0 fully saturated rings. The third-order valence-electron chi connectivity index (χ3n) is 2.80. The van der Waals surface area contributed by atoms with E-state index in [9.17, 15) is 13.2 Å². The van der Waals surface area contributed by atoms with Crippen LogP contribution in [0.3, 0.4) is 0 Å². The first-order chi connectivity index (χ1) is 10.9. The van der Waals surface area contributed by atoms with Gasteiger partial charge in [0.2, 0.25) is 15.9 Å². The number of ether oxygens (including phenoxy) is 1. The first-order valence-electron chi connectivity index (χ1n) is 6.78. The number of aromatic nitrogens is 3. The number of nitrogens with zero attached hydrogens (tertiary/aromatic N) is 3. The van der Waals surface area contributed by atoms with E-state index in [1.165, 1.54) is 35.3 Å². The highest BCUT2D eigenvalue weighted by atomic mass is 32.2. The molecule has 2 heterocycles. The quantitative estimate of drug-likeness (QED) is 0.711. The van der Waals surface area contributed by atoms with E-state index in [4.69, 9.17) is 9.84 Å². The van der Waals surface area contributed by atoms with Crippen molar-refractivity contribution in [3.8, 4) is 5.88 Å². The van der Waals surface area contributed by atoms with Gasteiger partial charge in [0.1, 0.15) is 4.90 Å². The van der Waals surface area contributed by atoms with Gasteiger partial charge in [-0.1, -0.05) is 0 Å². The molecule has 9 nitrogen and oxygen atoms in total. The summed E-state index contributed by atoms with van der Waals surface area (Å²) in [7, 11) is -3.79. The summed E-state index contributed by atoms with van der Waals surface area (Å²) in [6.45, 7) is 2.27. The van der Waals surface area contributed by atoms with Gasteiger partial charge in [0.15, 0.2) is 5.69 Å². The largest absolute Gasteiger partial charge is 0.477 e. The van der Waals surface area contributed by atoms with Gasteiger partial charge in [0, 0.05) is 18.9 Å². The summed E-state index contributed by atoms with van der Waals surface area (Å²) < 4.78 is 33.5. The number of nitrogens with one attached hydrogen (secondary N) is 1. The SMILES string of the molecule is CCOc1ncccc1S(=O)(=O)NCCn1ccc(C(=O)O)n1. The molecule has 2 aromatic heterocycles. The lowest BCUT2D eigenvalue weighted by Gasteiger charge is -2.10. The van der Waals surface area contributed by atoms with Gasteiger partial charge in [0.05, 0.1) is 13.2 Å². The number of carboxylic acids is 1. The van der Waals surface area contributed by atoms with Crippen molar-refractivity contribution in [3.05, 3.63) is 36.3 Å². The smallest absolute Gasteiger partial charge is 0.356 e. The lowest BCUT2D eigenvalue weighted by Crippen LogP contribution is -2.28. The van der Waals surface area contributed by atoms with Crippen molar-refractivity contribution in [2.24, 2.45) is 0 Å². The van der Waals surface area contributed by atoms with Crippen molar-refractivity contribution in [1.29, 1.82) is 0 Å². The Morgan fingerprint density at radius 3 is 2.87 bits per heavy atom. The minimum Gasteiger partial charge on any atom is -0.477 e. The number of carbonyl (C=O) groups is 1. The summed E-state index contributed by atoms with van der Waals surface area (Å²) in [4.78, 5) is 14.6. The number of hydrogen-bond donors (Lipinski definition) is 2. The summed E-state index contributed by atoms with van der Waals surface area (Å²) >= 11 is 0. The summed E-state index contributed by atoms with van der Waals surface area (Å²) in [6, 6.07) is 4.24. The van der Waals surface area contributed by atoms with Gasteiger partial charge < -0.3 is 9.84 Å². The first-order valence-corrected chi connectivity index (χ1v) is 8.26. The monoisotopic (exact) mass is 340 g/mol. The molecule has 0 amide bonds. The van der Waals surface area contributed by atoms with E-state index in [2.05, 4.69) is 14.8 Å². The molecule has 0 saturated carbocycles. The van der Waals surface area contributed by atoms with Crippen molar-refractivity contribution in [2.45, 2.75) is 18.4 Å². The minimum atomic E-state index is -3.79. The van der Waals surface area contributed by atoms with Crippen molar-refractivity contribution < 1.29 is 23.1 Å². The summed E-state index contributed by atoms with van der Waals surface area (Å²) in [6.07, 6.45) is 2.91. The van der Waals surface area contributed by atoms with E-state index < -0.39 is 16.0 Å². The second-order valence-electron chi connectivity index (χ2n) is 4.41. The van der Waals surface area contributed by atoms with Crippen LogP contribution in [0, 0.1) is 0 Å². The second-order valence-corrected chi connectivity index (χ2v) is 6.14. The normalized spacial score (nSPS) is 11.3. The van der Waals surface area contributed by atoms with Crippen LogP contribution in [0.5, 0.6) is 5.88 Å². The lowest BCUT2D eigenvalue weighted by molar-refractivity contribution is 0.0689. The van der Waals surface area contributed by atoms with Crippen LogP contribution < -0.4 is 9.46 Å². The molecule has 0 atom stereocenters. The molecule has 0 spiro atoms. The molecule has 2 aromatic rings. The molecule has 0 aliphatic heterocycles. The molecule has 0 aliphatic rings. The highest BCUT2D eigenvalue weighted by Gasteiger charge is 2.20. The van der Waals surface area contributed by atoms with E-state index in [1.54, 1.807) is 6.92 Å². The third kappa shape index (κ3) is 4.27. The van der Waals surface area contributed by atoms with Gasteiger partial charge in [-0.15, -0.1) is 0 Å². The Hall–Kier alpha value is -2.46. The molecule has 2 rings (SSSR count). The zero-order chi connectivity index (χ0) is 16.9. The standard InChI is InChI=1S/C13H16N4O5S/c1-2-22-12-11(4-3-6-14-12)23(20,21)15-7-9-17-8-5-10(16-17)13(18)19/h3-6,8,15H,2,7,9H2,1H3,(H,18,19). The molecule has 0 bridgehead atoms. The lowest BCUT2D eigenvalue weighted by atomic mass is 10.5. The Bertz CT molecular complexity index is 787. The van der Waals surface area contributed by atoms with Crippen molar-refractivity contribution in [2.75, 3.05) is 13.2 Å². The molecular weight excluding hydrogens is 324 g/mol. The molecule has 0 saturated heterocycles. The maximum absolute atomic E-state index is 12.3. The van der Waals surface area contributed by atoms with Gasteiger partial charge in [0.25, 0.3) is 0 Å². The van der Waals surface area contributed by atoms with Crippen LogP contribution in [0.1, 0.15) is 17.4 Å². The molecule has 124 valence electrons. The van der Waals surface area contributed by atoms with Crippen molar-refractivity contribution in [3.63, 3.8) is 0 Å². The maximum Gasteiger partial charge on any atom is 0.356 e. The number of sulfonamides is 1. The van der Waals surface area contributed by atoms with Crippen LogP contribution >= 0.6 is 0 Å². The highest BCUT2D eigenvalue weighted by Crippen LogP contribution is 2.19. The van der Waals surface area contributed by atoms with Crippen molar-refractivity contribution in [1.82, 2.24) is 19.5 Å². The Morgan fingerprint density at radius 1 is 1.43 bits per heavy atom. The molecular formula is C13H16N4O5S. The molecule has 0 radical (unpaired) electrons. The molecule has 2 N–H and O–H groups in total. The van der Waals surface area contributed by atoms with Crippen LogP contribution in [0.15, 0.2) is 35.5 Å². The summed E-state index contributed by atoms with van der Waals surface area (Å²) in [5, 5.41) is 12.6. The Balaban J connectivity index is 2.02. The van der Waals surface area contributed by atoms with E-state index in [-0.39, 0.29) is 29.6 Å². The predicted molar refractivity (Wildman–Crippen MR) is 79.8 cm³/mol. The van der Waals surface area contributed by atoms with Crippen molar-refractivity contribution >= 4 is 16.0 Å². The fourth-order valence-electron chi connectivity index (χ4n) is 1.80. The van der Waals surface area contributed by atoms with Gasteiger partial charge in [-0.3, -0.25) is 4.68 Å². The van der Waals surface area contributed by atoms with E-state index in [0.717, 1.165) is 0 Å². The number of aromatic carboxylic acids is 1. The predicted octanol–water partition coefficient (Wildman–Crippen LogP) is 0.353. The van der Waals surface area contributed by atoms with Crippen LogP contribution in [-0.2, 0) is 16.6 Å². The summed E-state index contributed by atoms with van der Waals surface area (Å²) in [5.74, 6) is -1.10. The van der Waals surface area contributed by atoms with Gasteiger partial charge in [-0.2, -0.15) is 5.10 Å². The zero-order valence-corrected chi connectivity index (χ0v) is 13.2. The molecule has 23 heavy (non-hydrogen) atoms. The second kappa shape index (κ2) is 7.20. The first kappa shape index (κ1) is 16.9. The van der Waals surface area contributed by atoms with Crippen LogP contribution in [0.4, 0.5) is 0 Å². The number of pyridine rings is 1. The average Bonchev–Trinajstić information content (AvgIpc) is 2.97. The van der Waals surface area contributed by atoms with E-state index in [0.29, 0.717) is 6.61 Å². The topological polar surface area (TPSA) is 123 Å². The van der Waals surface area contributed by atoms with E-state index in [1.807, 2.05) is 0 Å².